The molecule has 0 atom stereocenters. The van der Waals surface area contributed by atoms with Crippen LogP contribution in [0.2, 0.25) is 0 Å². The number of carbonyl (C=O) groups excluding carboxylic acids is 2. The first-order valence-electron chi connectivity index (χ1n) is 9.44. The number of hydrogen-bond donors (Lipinski definition) is 1. The van der Waals surface area contributed by atoms with Gasteiger partial charge in [-0.2, -0.15) is 4.31 Å². The molecule has 7 nitrogen and oxygen atoms in total. The van der Waals surface area contributed by atoms with E-state index < -0.39 is 10.0 Å². The van der Waals surface area contributed by atoms with Crippen molar-refractivity contribution in [3.8, 4) is 0 Å². The van der Waals surface area contributed by atoms with Crippen LogP contribution in [0.4, 0.5) is 0 Å². The number of nitrogens with one attached hydrogen (secondary N) is 1. The fraction of sp³-hybridized carbons (Fsp3) is 0.579. The number of piperidine rings is 1. The van der Waals surface area contributed by atoms with E-state index in [1.165, 1.54) is 33.5 Å². The van der Waals surface area contributed by atoms with Gasteiger partial charge in [0.05, 0.1) is 11.4 Å². The zero-order valence-electron chi connectivity index (χ0n) is 16.3. The standard InChI is InChI=1S/C19H29N3O4S/c1-4-21(14-18(23)20-15(2)3)19(24)16-8-10-17(11-9-16)27(25,26)22-12-6-5-7-13-22/h8-11,15H,4-7,12-14H2,1-3H3,(H,20,23). The number of likely N-dealkylation sites (N-methyl/N-ethyl adjacent to an activating group) is 1. The summed E-state index contributed by atoms with van der Waals surface area (Å²) in [6.07, 6.45) is 2.80. The molecule has 8 heteroatoms. The van der Waals surface area contributed by atoms with Gasteiger partial charge in [0, 0.05) is 31.2 Å². The average Bonchev–Trinajstić information content (AvgIpc) is 2.65. The SMILES string of the molecule is CCN(CC(=O)NC(C)C)C(=O)c1ccc(S(=O)(=O)N2CCCCC2)cc1. The van der Waals surface area contributed by atoms with Gasteiger partial charge in [0.1, 0.15) is 0 Å². The highest BCUT2D eigenvalue weighted by atomic mass is 32.2. The van der Waals surface area contributed by atoms with Gasteiger partial charge in [-0.05, 0) is 57.9 Å². The zero-order chi connectivity index (χ0) is 20.0. The molecular formula is C19H29N3O4S. The van der Waals surface area contributed by atoms with Crippen molar-refractivity contribution in [1.82, 2.24) is 14.5 Å². The monoisotopic (exact) mass is 395 g/mol. The summed E-state index contributed by atoms with van der Waals surface area (Å²) in [4.78, 5) is 26.2. The lowest BCUT2D eigenvalue weighted by atomic mass is 10.2. The summed E-state index contributed by atoms with van der Waals surface area (Å²) in [5.41, 5.74) is 0.367. The van der Waals surface area contributed by atoms with Crippen molar-refractivity contribution in [3.63, 3.8) is 0 Å². The van der Waals surface area contributed by atoms with Crippen LogP contribution >= 0.6 is 0 Å². The van der Waals surface area contributed by atoms with Gasteiger partial charge in [-0.15, -0.1) is 0 Å². The van der Waals surface area contributed by atoms with Crippen molar-refractivity contribution < 1.29 is 18.0 Å². The molecule has 1 heterocycles. The zero-order valence-corrected chi connectivity index (χ0v) is 17.1. The van der Waals surface area contributed by atoms with Crippen LogP contribution < -0.4 is 5.32 Å². The van der Waals surface area contributed by atoms with E-state index in [1.54, 1.807) is 6.92 Å². The third kappa shape index (κ3) is 5.52. The lowest BCUT2D eigenvalue weighted by Crippen LogP contribution is -2.42. The second-order valence-corrected chi connectivity index (χ2v) is 8.97. The lowest BCUT2D eigenvalue weighted by molar-refractivity contribution is -0.122. The summed E-state index contributed by atoms with van der Waals surface area (Å²) in [7, 11) is -3.52. The molecule has 27 heavy (non-hydrogen) atoms. The third-order valence-corrected chi connectivity index (χ3v) is 6.42. The van der Waals surface area contributed by atoms with Crippen LogP contribution in [0, 0.1) is 0 Å². The highest BCUT2D eigenvalue weighted by Gasteiger charge is 2.26. The molecule has 1 N–H and O–H groups in total. The van der Waals surface area contributed by atoms with Gasteiger partial charge in [-0.1, -0.05) is 6.42 Å². The Hall–Kier alpha value is -1.93. The smallest absolute Gasteiger partial charge is 0.254 e. The quantitative estimate of drug-likeness (QED) is 0.763. The highest BCUT2D eigenvalue weighted by Crippen LogP contribution is 2.21. The molecular weight excluding hydrogens is 366 g/mol. The molecule has 0 aromatic heterocycles. The number of sulfonamides is 1. The number of nitrogens with zero attached hydrogens (tertiary/aromatic N) is 2. The van der Waals surface area contributed by atoms with Gasteiger partial charge in [-0.3, -0.25) is 9.59 Å². The minimum Gasteiger partial charge on any atom is -0.352 e. The largest absolute Gasteiger partial charge is 0.352 e. The van der Waals surface area contributed by atoms with E-state index in [1.807, 2.05) is 13.8 Å². The normalized spacial score (nSPS) is 15.6. The Labute approximate surface area is 161 Å². The van der Waals surface area contributed by atoms with Crippen molar-refractivity contribution >= 4 is 21.8 Å². The molecule has 1 aromatic carbocycles. The van der Waals surface area contributed by atoms with E-state index in [-0.39, 0.29) is 29.3 Å². The van der Waals surface area contributed by atoms with E-state index in [4.69, 9.17) is 0 Å². The number of carbonyl (C=O) groups is 2. The second kappa shape index (κ2) is 9.32. The molecule has 0 radical (unpaired) electrons. The Kier molecular flexibility index (Phi) is 7.38. The highest BCUT2D eigenvalue weighted by molar-refractivity contribution is 7.89. The molecule has 1 aromatic rings. The molecule has 1 aliphatic rings. The molecule has 1 aliphatic heterocycles. The summed E-state index contributed by atoms with van der Waals surface area (Å²) in [6.45, 7) is 6.96. The van der Waals surface area contributed by atoms with Crippen molar-refractivity contribution in [2.24, 2.45) is 0 Å². The Bertz CT molecular complexity index is 754. The van der Waals surface area contributed by atoms with E-state index >= 15 is 0 Å². The molecule has 0 unspecified atom stereocenters. The van der Waals surface area contributed by atoms with Crippen LogP contribution in [0.15, 0.2) is 29.2 Å². The first kappa shape index (κ1) is 21.4. The van der Waals surface area contributed by atoms with Crippen LogP contribution in [0.3, 0.4) is 0 Å². The maximum atomic E-state index is 12.7. The summed E-state index contributed by atoms with van der Waals surface area (Å²) in [5, 5.41) is 2.76. The number of benzene rings is 1. The van der Waals surface area contributed by atoms with E-state index in [9.17, 15) is 18.0 Å². The van der Waals surface area contributed by atoms with Crippen LogP contribution in [0.25, 0.3) is 0 Å². The number of hydrogen-bond acceptors (Lipinski definition) is 4. The van der Waals surface area contributed by atoms with Gasteiger partial charge in [0.25, 0.3) is 5.91 Å². The summed E-state index contributed by atoms with van der Waals surface area (Å²) in [5.74, 6) is -0.511. The Balaban J connectivity index is 2.10. The van der Waals surface area contributed by atoms with E-state index in [2.05, 4.69) is 5.32 Å². The molecule has 0 aliphatic carbocycles. The molecule has 2 rings (SSSR count). The van der Waals surface area contributed by atoms with Gasteiger partial charge < -0.3 is 10.2 Å². The van der Waals surface area contributed by atoms with Gasteiger partial charge >= 0.3 is 0 Å². The summed E-state index contributed by atoms with van der Waals surface area (Å²) < 4.78 is 26.9. The minimum absolute atomic E-state index is 0.00517. The molecule has 2 amide bonds. The minimum atomic E-state index is -3.52. The Morgan fingerprint density at radius 2 is 1.70 bits per heavy atom. The van der Waals surface area contributed by atoms with Crippen LogP contribution in [-0.2, 0) is 14.8 Å². The second-order valence-electron chi connectivity index (χ2n) is 7.03. The predicted molar refractivity (Wildman–Crippen MR) is 104 cm³/mol. The average molecular weight is 396 g/mol. The number of rotatable bonds is 7. The number of amides is 2. The van der Waals surface area contributed by atoms with Gasteiger partial charge in [-0.25, -0.2) is 8.42 Å². The molecule has 0 spiro atoms. The van der Waals surface area contributed by atoms with Crippen LogP contribution in [-0.4, -0.2) is 61.7 Å². The molecule has 150 valence electrons. The summed E-state index contributed by atoms with van der Waals surface area (Å²) >= 11 is 0. The predicted octanol–water partition coefficient (Wildman–Crippen LogP) is 1.85. The van der Waals surface area contributed by atoms with Crippen LogP contribution in [0.1, 0.15) is 50.4 Å². The Morgan fingerprint density at radius 3 is 2.22 bits per heavy atom. The fourth-order valence-electron chi connectivity index (χ4n) is 3.07. The summed E-state index contributed by atoms with van der Waals surface area (Å²) in [6, 6.07) is 5.98. The van der Waals surface area contributed by atoms with Gasteiger partial charge in [0.2, 0.25) is 15.9 Å². The lowest BCUT2D eigenvalue weighted by Gasteiger charge is -2.26. The Morgan fingerprint density at radius 1 is 1.11 bits per heavy atom. The molecule has 0 saturated carbocycles. The van der Waals surface area contributed by atoms with Crippen molar-refractivity contribution in [3.05, 3.63) is 29.8 Å². The van der Waals surface area contributed by atoms with Crippen molar-refractivity contribution in [2.75, 3.05) is 26.2 Å². The maximum absolute atomic E-state index is 12.7. The van der Waals surface area contributed by atoms with Crippen LogP contribution in [0.5, 0.6) is 0 Å². The topological polar surface area (TPSA) is 86.8 Å². The van der Waals surface area contributed by atoms with E-state index in [0.29, 0.717) is 25.2 Å². The maximum Gasteiger partial charge on any atom is 0.254 e. The molecule has 1 fully saturated rings. The third-order valence-electron chi connectivity index (χ3n) is 4.51. The molecule has 1 saturated heterocycles. The van der Waals surface area contributed by atoms with Crippen molar-refractivity contribution in [2.45, 2.75) is 51.0 Å². The van der Waals surface area contributed by atoms with Gasteiger partial charge in [0.15, 0.2) is 0 Å². The van der Waals surface area contributed by atoms with E-state index in [0.717, 1.165) is 19.3 Å². The first-order valence-corrected chi connectivity index (χ1v) is 10.9. The fourth-order valence-corrected chi connectivity index (χ4v) is 4.59. The molecule has 0 bridgehead atoms. The first-order chi connectivity index (χ1) is 12.8. The van der Waals surface area contributed by atoms with Crippen molar-refractivity contribution in [1.29, 1.82) is 0 Å².